The van der Waals surface area contributed by atoms with Crippen LogP contribution in [0.15, 0.2) is 0 Å². The van der Waals surface area contributed by atoms with Crippen LogP contribution < -0.4 is 0 Å². The number of rotatable bonds is 72. The van der Waals surface area contributed by atoms with Crippen molar-refractivity contribution >= 4 is 39.5 Å². The van der Waals surface area contributed by atoms with Crippen LogP contribution in [-0.2, 0) is 65.4 Å². The van der Waals surface area contributed by atoms with Crippen molar-refractivity contribution in [2.45, 2.75) is 395 Å². The molecule has 0 aromatic carbocycles. The molecule has 0 bridgehead atoms. The van der Waals surface area contributed by atoms with Crippen molar-refractivity contribution < 1.29 is 80.2 Å². The molecular formula is C75H146O17P2. The van der Waals surface area contributed by atoms with Gasteiger partial charge in [0.15, 0.2) is 12.2 Å². The van der Waals surface area contributed by atoms with Gasteiger partial charge in [0.1, 0.15) is 19.3 Å². The number of carbonyl (C=O) groups is 4. The molecule has 6 atom stereocenters. The first kappa shape index (κ1) is 92.1. The molecule has 0 rings (SSSR count). The molecule has 0 aromatic rings. The Hall–Kier alpha value is -1.94. The summed E-state index contributed by atoms with van der Waals surface area (Å²) in [6.07, 6.45) is 48.6. The fourth-order valence-corrected chi connectivity index (χ4v) is 12.9. The minimum absolute atomic E-state index is 0.105. The summed E-state index contributed by atoms with van der Waals surface area (Å²) in [5.74, 6) is 0.911. The largest absolute Gasteiger partial charge is 0.472 e. The van der Waals surface area contributed by atoms with Crippen LogP contribution in [0.5, 0.6) is 0 Å². The maximum atomic E-state index is 13.1. The Labute approximate surface area is 575 Å². The van der Waals surface area contributed by atoms with E-state index >= 15 is 0 Å². The molecule has 3 unspecified atom stereocenters. The molecule has 0 spiro atoms. The number of hydrogen-bond donors (Lipinski definition) is 3. The molecule has 558 valence electrons. The van der Waals surface area contributed by atoms with Crippen LogP contribution >= 0.6 is 15.6 Å². The van der Waals surface area contributed by atoms with Crippen molar-refractivity contribution in [3.8, 4) is 0 Å². The number of aliphatic hydroxyl groups excluding tert-OH is 1. The lowest BCUT2D eigenvalue weighted by Gasteiger charge is -2.21. The molecule has 0 aromatic heterocycles. The minimum Gasteiger partial charge on any atom is -0.462 e. The molecule has 0 fully saturated rings. The van der Waals surface area contributed by atoms with Crippen molar-refractivity contribution in [3.05, 3.63) is 0 Å². The SMILES string of the molecule is CCC(C)CCCCCCCCC(=O)OC[C@H](COP(=O)(O)OC[C@H](O)COP(=O)(O)OC[C@@H](COC(=O)CCCCCCCCCCCCC(C)C)OC(=O)CCCCCCCCCCCC(C)C)OC(=O)CCCCCCCCCCCCCCCCCCC(C)C. The summed E-state index contributed by atoms with van der Waals surface area (Å²) in [7, 11) is -9.91. The number of unbranched alkanes of at least 4 members (excludes halogenated alkanes) is 37. The van der Waals surface area contributed by atoms with Crippen LogP contribution in [0.3, 0.4) is 0 Å². The van der Waals surface area contributed by atoms with Gasteiger partial charge < -0.3 is 33.8 Å². The van der Waals surface area contributed by atoms with E-state index in [-0.39, 0.29) is 25.7 Å². The zero-order valence-electron chi connectivity index (χ0n) is 61.6. The van der Waals surface area contributed by atoms with Gasteiger partial charge in [-0.15, -0.1) is 0 Å². The molecule has 3 N–H and O–H groups in total. The van der Waals surface area contributed by atoms with Crippen molar-refractivity contribution in [2.75, 3.05) is 39.6 Å². The Morgan fingerprint density at radius 2 is 0.511 bits per heavy atom. The molecule has 0 saturated heterocycles. The second-order valence-electron chi connectivity index (χ2n) is 28.7. The number of esters is 4. The van der Waals surface area contributed by atoms with Crippen molar-refractivity contribution in [1.82, 2.24) is 0 Å². The predicted octanol–water partition coefficient (Wildman–Crippen LogP) is 21.7. The number of phosphoric acid groups is 2. The highest BCUT2D eigenvalue weighted by molar-refractivity contribution is 7.47. The molecule has 0 amide bonds. The average Bonchev–Trinajstić information content (AvgIpc) is 3.05. The van der Waals surface area contributed by atoms with Crippen LogP contribution in [0.1, 0.15) is 376 Å². The van der Waals surface area contributed by atoms with E-state index in [1.54, 1.807) is 0 Å². The maximum absolute atomic E-state index is 13.1. The topological polar surface area (TPSA) is 237 Å². The number of hydrogen-bond acceptors (Lipinski definition) is 15. The first-order chi connectivity index (χ1) is 45.1. The van der Waals surface area contributed by atoms with Gasteiger partial charge in [0, 0.05) is 25.7 Å². The lowest BCUT2D eigenvalue weighted by molar-refractivity contribution is -0.161. The minimum atomic E-state index is -4.96. The van der Waals surface area contributed by atoms with Crippen LogP contribution in [0.2, 0.25) is 0 Å². The molecule has 19 heteroatoms. The van der Waals surface area contributed by atoms with Gasteiger partial charge in [0.25, 0.3) is 0 Å². The van der Waals surface area contributed by atoms with Crippen molar-refractivity contribution in [2.24, 2.45) is 23.7 Å². The van der Waals surface area contributed by atoms with E-state index < -0.39 is 97.5 Å². The van der Waals surface area contributed by atoms with Gasteiger partial charge in [0.2, 0.25) is 0 Å². The summed E-state index contributed by atoms with van der Waals surface area (Å²) < 4.78 is 68.5. The second-order valence-corrected chi connectivity index (χ2v) is 31.6. The lowest BCUT2D eigenvalue weighted by atomic mass is 10.00. The number of aliphatic hydroxyl groups is 1. The smallest absolute Gasteiger partial charge is 0.462 e. The van der Waals surface area contributed by atoms with Crippen LogP contribution in [0.4, 0.5) is 0 Å². The first-order valence-corrected chi connectivity index (χ1v) is 41.7. The standard InChI is InChI=1S/C75H146O17P2/c1-9-68(8)54-46-38-33-34-40-48-56-73(78)86-62-71(92-74(79)57-49-41-31-25-17-15-13-11-10-12-14-16-21-27-35-43-51-65(2)3)64-90-94(83,84)88-60-69(76)59-87-93(81,82)89-63-70(91-75(80)58-50-42-32-26-20-23-29-37-45-53-67(6)7)61-85-72(77)55-47-39-30-24-19-18-22-28-36-44-52-66(4)5/h65-71,76H,9-64H2,1-8H3,(H,81,82)(H,83,84)/t68?,69-,70-,71-/m1/s1. The molecule has 17 nitrogen and oxygen atoms in total. The highest BCUT2D eigenvalue weighted by atomic mass is 31.2. The average molecular weight is 1380 g/mol. The monoisotopic (exact) mass is 1380 g/mol. The number of carbonyl (C=O) groups excluding carboxylic acids is 4. The first-order valence-electron chi connectivity index (χ1n) is 38.7. The summed E-state index contributed by atoms with van der Waals surface area (Å²) in [6, 6.07) is 0. The summed E-state index contributed by atoms with van der Waals surface area (Å²) in [6.45, 7) is 14.2. The van der Waals surface area contributed by atoms with E-state index in [9.17, 15) is 43.2 Å². The van der Waals surface area contributed by atoms with E-state index in [0.29, 0.717) is 25.7 Å². The van der Waals surface area contributed by atoms with E-state index in [4.69, 9.17) is 37.0 Å². The van der Waals surface area contributed by atoms with Gasteiger partial charge >= 0.3 is 39.5 Å². The van der Waals surface area contributed by atoms with E-state index in [1.165, 1.54) is 173 Å². The van der Waals surface area contributed by atoms with Gasteiger partial charge in [0.05, 0.1) is 26.4 Å². The van der Waals surface area contributed by atoms with E-state index in [2.05, 4.69) is 55.4 Å². The summed E-state index contributed by atoms with van der Waals surface area (Å²) >= 11 is 0. The molecule has 0 radical (unpaired) electrons. The Kier molecular flexibility index (Phi) is 63.1. The maximum Gasteiger partial charge on any atom is 0.472 e. The zero-order chi connectivity index (χ0) is 69.6. The summed E-state index contributed by atoms with van der Waals surface area (Å²) in [5.41, 5.74) is 0. The third-order valence-corrected chi connectivity index (χ3v) is 19.6. The van der Waals surface area contributed by atoms with Gasteiger partial charge in [-0.25, -0.2) is 9.13 Å². The third-order valence-electron chi connectivity index (χ3n) is 17.7. The van der Waals surface area contributed by atoms with Gasteiger partial charge in [-0.2, -0.15) is 0 Å². The third kappa shape index (κ3) is 67.3. The van der Waals surface area contributed by atoms with Crippen molar-refractivity contribution in [1.29, 1.82) is 0 Å². The van der Waals surface area contributed by atoms with Crippen LogP contribution in [0.25, 0.3) is 0 Å². The molecule has 0 aliphatic carbocycles. The summed E-state index contributed by atoms with van der Waals surface area (Å²) in [5, 5.41) is 10.6. The lowest BCUT2D eigenvalue weighted by Crippen LogP contribution is -2.30. The molecule has 0 aliphatic rings. The van der Waals surface area contributed by atoms with Crippen molar-refractivity contribution in [3.63, 3.8) is 0 Å². The van der Waals surface area contributed by atoms with Gasteiger partial charge in [-0.3, -0.25) is 37.3 Å². The number of ether oxygens (including phenoxy) is 4. The molecular weight excluding hydrogens is 1230 g/mol. The Bertz CT molecular complexity index is 1850. The highest BCUT2D eigenvalue weighted by Crippen LogP contribution is 2.45. The van der Waals surface area contributed by atoms with Gasteiger partial charge in [-0.05, 0) is 49.4 Å². The molecule has 0 saturated carbocycles. The molecule has 0 heterocycles. The normalized spacial score (nSPS) is 14.4. The Morgan fingerprint density at radius 1 is 0.298 bits per heavy atom. The van der Waals surface area contributed by atoms with Crippen LogP contribution in [0, 0.1) is 23.7 Å². The fourth-order valence-electron chi connectivity index (χ4n) is 11.3. The Balaban J connectivity index is 5.22. The number of phosphoric ester groups is 2. The second kappa shape index (κ2) is 64.4. The quantitative estimate of drug-likeness (QED) is 0.0222. The molecule has 94 heavy (non-hydrogen) atoms. The zero-order valence-corrected chi connectivity index (χ0v) is 63.4. The van der Waals surface area contributed by atoms with Gasteiger partial charge in [-0.1, -0.05) is 325 Å². The van der Waals surface area contributed by atoms with E-state index in [0.717, 1.165) is 120 Å². The van der Waals surface area contributed by atoms with E-state index in [1.807, 2.05) is 0 Å². The highest BCUT2D eigenvalue weighted by Gasteiger charge is 2.30. The van der Waals surface area contributed by atoms with Crippen LogP contribution in [-0.4, -0.2) is 96.7 Å². The predicted molar refractivity (Wildman–Crippen MR) is 381 cm³/mol. The Morgan fingerprint density at radius 3 is 0.755 bits per heavy atom. The fraction of sp³-hybridized carbons (Fsp3) is 0.947. The molecule has 0 aliphatic heterocycles. The summed E-state index contributed by atoms with van der Waals surface area (Å²) in [4.78, 5) is 72.7.